The normalized spacial score (nSPS) is 21.8. The van der Waals surface area contributed by atoms with Crippen molar-refractivity contribution in [1.82, 2.24) is 5.32 Å². The van der Waals surface area contributed by atoms with Gasteiger partial charge in [0, 0.05) is 17.3 Å². The third-order valence-corrected chi connectivity index (χ3v) is 6.24. The average molecular weight is 432 g/mol. The number of nitrogens with one attached hydrogen (secondary N) is 1. The van der Waals surface area contributed by atoms with E-state index in [1.165, 1.54) is 11.3 Å². The van der Waals surface area contributed by atoms with E-state index in [-0.39, 0.29) is 11.1 Å². The molecule has 0 aliphatic carbocycles. The Bertz CT molecular complexity index is 1120. The van der Waals surface area contributed by atoms with Gasteiger partial charge >= 0.3 is 6.03 Å². The Kier molecular flexibility index (Phi) is 5.41. The Morgan fingerprint density at radius 3 is 2.41 bits per heavy atom. The number of nitrogens with zero attached hydrogens (tertiary/aromatic N) is 2. The number of benzene rings is 2. The van der Waals surface area contributed by atoms with Gasteiger partial charge in [0.05, 0.1) is 5.69 Å². The van der Waals surface area contributed by atoms with Crippen LogP contribution < -0.4 is 15.1 Å². The minimum Gasteiger partial charge on any atom is -0.364 e. The summed E-state index contributed by atoms with van der Waals surface area (Å²) in [6.45, 7) is 11.1. The summed E-state index contributed by atoms with van der Waals surface area (Å²) < 4.78 is 0. The molecule has 2 heterocycles. The Morgan fingerprint density at radius 1 is 1.06 bits per heavy atom. The van der Waals surface area contributed by atoms with Crippen LogP contribution in [0.4, 0.5) is 16.2 Å². The highest BCUT2D eigenvalue weighted by molar-refractivity contribution is 6.39. The largest absolute Gasteiger partial charge is 0.364 e. The summed E-state index contributed by atoms with van der Waals surface area (Å²) in [6.07, 6.45) is 2.58. The molecular weight excluding hydrogens is 402 g/mol. The van der Waals surface area contributed by atoms with E-state index in [0.29, 0.717) is 17.6 Å². The summed E-state index contributed by atoms with van der Waals surface area (Å²) >= 11 is 0. The molecule has 1 N–H and O–H groups in total. The minimum atomic E-state index is -0.739. The Balaban J connectivity index is 1.74. The second-order valence-corrected chi connectivity index (χ2v) is 9.49. The number of para-hydroxylation sites is 1. The zero-order valence-electron chi connectivity index (χ0n) is 19.2. The second-order valence-electron chi connectivity index (χ2n) is 9.49. The number of hydrogen-bond acceptors (Lipinski definition) is 4. The first-order valence-corrected chi connectivity index (χ1v) is 11.0. The molecule has 2 aliphatic rings. The third-order valence-electron chi connectivity index (χ3n) is 6.24. The molecule has 1 saturated heterocycles. The van der Waals surface area contributed by atoms with Crippen molar-refractivity contribution >= 4 is 35.3 Å². The molecule has 4 rings (SSSR count). The highest BCUT2D eigenvalue weighted by Crippen LogP contribution is 2.44. The summed E-state index contributed by atoms with van der Waals surface area (Å²) in [4.78, 5) is 41.4. The van der Waals surface area contributed by atoms with Crippen LogP contribution in [0.25, 0.3) is 6.08 Å². The molecule has 1 atom stereocenters. The van der Waals surface area contributed by atoms with Gasteiger partial charge in [0.2, 0.25) is 0 Å². The molecule has 6 nitrogen and oxygen atoms in total. The van der Waals surface area contributed by atoms with Crippen molar-refractivity contribution in [2.45, 2.75) is 58.5 Å². The highest BCUT2D eigenvalue weighted by atomic mass is 16.2. The summed E-state index contributed by atoms with van der Waals surface area (Å²) in [5.74, 6) is -0.963. The van der Waals surface area contributed by atoms with Gasteiger partial charge in [-0.25, -0.2) is 9.69 Å². The molecular formula is C26H29N3O3. The number of urea groups is 1. The van der Waals surface area contributed by atoms with Gasteiger partial charge in [-0.05, 0) is 81.5 Å². The first-order valence-electron chi connectivity index (χ1n) is 11.0. The monoisotopic (exact) mass is 431 g/mol. The number of anilines is 2. The van der Waals surface area contributed by atoms with Crippen LogP contribution in [0.1, 0.15) is 58.1 Å². The van der Waals surface area contributed by atoms with E-state index in [0.717, 1.165) is 16.9 Å². The lowest BCUT2D eigenvalue weighted by molar-refractivity contribution is -0.122. The van der Waals surface area contributed by atoms with Crippen LogP contribution in [0, 0.1) is 0 Å². The molecule has 0 bridgehead atoms. The van der Waals surface area contributed by atoms with Gasteiger partial charge in [-0.2, -0.15) is 0 Å². The maximum atomic E-state index is 13.1. The van der Waals surface area contributed by atoms with Gasteiger partial charge in [-0.1, -0.05) is 31.2 Å². The summed E-state index contributed by atoms with van der Waals surface area (Å²) in [5.41, 5.74) is 3.55. The molecule has 2 aromatic rings. The van der Waals surface area contributed by atoms with E-state index < -0.39 is 17.8 Å². The first-order chi connectivity index (χ1) is 15.1. The molecule has 0 radical (unpaired) electrons. The number of rotatable bonds is 3. The Labute approximate surface area is 188 Å². The molecule has 32 heavy (non-hydrogen) atoms. The quantitative estimate of drug-likeness (QED) is 0.557. The van der Waals surface area contributed by atoms with Gasteiger partial charge in [0.15, 0.2) is 0 Å². The molecule has 166 valence electrons. The lowest BCUT2D eigenvalue weighted by Gasteiger charge is -2.50. The SMILES string of the molecule is CC(C)N1c2ccc(/C=C3\C(=O)NC(=O)N(c4ccccc4)C3=O)cc2[C@H](C)CC1(C)C. The summed E-state index contributed by atoms with van der Waals surface area (Å²) in [7, 11) is 0. The van der Waals surface area contributed by atoms with Crippen LogP contribution >= 0.6 is 0 Å². The molecule has 0 aromatic heterocycles. The molecule has 2 aromatic carbocycles. The molecule has 2 aliphatic heterocycles. The smallest absolute Gasteiger partial charge is 0.335 e. The zero-order valence-corrected chi connectivity index (χ0v) is 19.2. The van der Waals surface area contributed by atoms with Gasteiger partial charge < -0.3 is 4.90 Å². The zero-order chi connectivity index (χ0) is 23.2. The summed E-state index contributed by atoms with van der Waals surface area (Å²) in [6, 6.07) is 14.3. The van der Waals surface area contributed by atoms with Crippen molar-refractivity contribution in [3.05, 3.63) is 65.2 Å². The molecule has 0 unspecified atom stereocenters. The molecule has 4 amide bonds. The van der Waals surface area contributed by atoms with Gasteiger partial charge in [-0.15, -0.1) is 0 Å². The van der Waals surface area contributed by atoms with Crippen LogP contribution in [0.5, 0.6) is 0 Å². The molecule has 6 heteroatoms. The predicted molar refractivity (Wildman–Crippen MR) is 127 cm³/mol. The number of amides is 4. The fourth-order valence-corrected chi connectivity index (χ4v) is 5.17. The molecule has 1 fully saturated rings. The molecule has 0 spiro atoms. The van der Waals surface area contributed by atoms with E-state index in [1.807, 2.05) is 6.07 Å². The van der Waals surface area contributed by atoms with E-state index in [4.69, 9.17) is 0 Å². The van der Waals surface area contributed by atoms with Gasteiger partial charge in [0.25, 0.3) is 11.8 Å². The van der Waals surface area contributed by atoms with Crippen LogP contribution in [0.2, 0.25) is 0 Å². The van der Waals surface area contributed by atoms with Crippen molar-refractivity contribution in [2.75, 3.05) is 9.80 Å². The first kappa shape index (κ1) is 21.8. The van der Waals surface area contributed by atoms with Crippen LogP contribution in [-0.4, -0.2) is 29.4 Å². The second kappa shape index (κ2) is 7.93. The maximum Gasteiger partial charge on any atom is 0.335 e. The fraction of sp³-hybridized carbons (Fsp3) is 0.346. The van der Waals surface area contributed by atoms with Crippen molar-refractivity contribution in [1.29, 1.82) is 0 Å². The van der Waals surface area contributed by atoms with Crippen LogP contribution in [0.15, 0.2) is 54.1 Å². The van der Waals surface area contributed by atoms with Crippen LogP contribution in [-0.2, 0) is 9.59 Å². The lowest BCUT2D eigenvalue weighted by Crippen LogP contribution is -2.54. The highest BCUT2D eigenvalue weighted by Gasteiger charge is 2.39. The number of hydrogen-bond donors (Lipinski definition) is 1. The number of barbiturate groups is 1. The fourth-order valence-electron chi connectivity index (χ4n) is 5.17. The van der Waals surface area contributed by atoms with Crippen molar-refractivity contribution in [3.8, 4) is 0 Å². The van der Waals surface area contributed by atoms with Crippen molar-refractivity contribution in [2.24, 2.45) is 0 Å². The minimum absolute atomic E-state index is 0.0380. The Hall–Kier alpha value is -3.41. The van der Waals surface area contributed by atoms with E-state index >= 15 is 0 Å². The summed E-state index contributed by atoms with van der Waals surface area (Å²) in [5, 5.41) is 2.28. The van der Waals surface area contributed by atoms with Gasteiger partial charge in [-0.3, -0.25) is 14.9 Å². The maximum absolute atomic E-state index is 13.1. The number of fused-ring (bicyclic) bond motifs is 1. The lowest BCUT2D eigenvalue weighted by atomic mass is 9.78. The Morgan fingerprint density at radius 2 is 1.75 bits per heavy atom. The number of imide groups is 2. The van der Waals surface area contributed by atoms with Gasteiger partial charge in [0.1, 0.15) is 5.57 Å². The topological polar surface area (TPSA) is 69.7 Å². The molecule has 0 saturated carbocycles. The van der Waals surface area contributed by atoms with Crippen molar-refractivity contribution < 1.29 is 14.4 Å². The predicted octanol–water partition coefficient (Wildman–Crippen LogP) is 4.85. The van der Waals surface area contributed by atoms with Crippen molar-refractivity contribution in [3.63, 3.8) is 0 Å². The van der Waals surface area contributed by atoms with E-state index in [9.17, 15) is 14.4 Å². The number of carbonyl (C=O) groups is 3. The van der Waals surface area contributed by atoms with Crippen LogP contribution in [0.3, 0.4) is 0 Å². The standard InChI is InChI=1S/C26H29N3O3/c1-16(2)29-22-12-11-18(13-20(22)17(3)15-26(29,4)5)14-21-23(30)27-25(32)28(24(21)31)19-9-7-6-8-10-19/h6-14,16-17H,15H2,1-5H3,(H,27,30,32)/b21-14+/t17-/m1/s1. The number of carbonyl (C=O) groups excluding carboxylic acids is 3. The van der Waals surface area contributed by atoms with E-state index in [1.54, 1.807) is 36.4 Å². The average Bonchev–Trinajstić information content (AvgIpc) is 2.71. The third kappa shape index (κ3) is 3.70. The van der Waals surface area contributed by atoms with E-state index in [2.05, 4.69) is 57.0 Å².